The molecule has 8 nitrogen and oxygen atoms in total. The zero-order chi connectivity index (χ0) is 24.4. The molecule has 8 heteroatoms. The standard InChI is InChI=1S/C26H22O8/c1-4-14-11-12-16-18(13-14)24(34-26(30)32-6-3)20-19(22(16)28)23(33-25(29)31-5-2)17-10-8-7-9-15(17)21(20)27/h7-13H,4-6H2,1-3H3. The van der Waals surface area contributed by atoms with Gasteiger partial charge in [-0.1, -0.05) is 43.3 Å². The second-order valence-electron chi connectivity index (χ2n) is 7.42. The van der Waals surface area contributed by atoms with Gasteiger partial charge in [0.1, 0.15) is 0 Å². The molecular formula is C26H22O8. The Kier molecular flexibility index (Phi) is 6.32. The van der Waals surface area contributed by atoms with Crippen LogP contribution in [0.5, 0.6) is 0 Å². The minimum Gasteiger partial charge on any atom is -0.434 e. The zero-order valence-electron chi connectivity index (χ0n) is 18.9. The van der Waals surface area contributed by atoms with Gasteiger partial charge >= 0.3 is 12.3 Å². The van der Waals surface area contributed by atoms with E-state index in [-0.39, 0.29) is 52.6 Å². The molecule has 2 aromatic carbocycles. The van der Waals surface area contributed by atoms with E-state index in [0.717, 1.165) is 5.56 Å². The molecule has 0 atom stereocenters. The summed E-state index contributed by atoms with van der Waals surface area (Å²) in [5, 5.41) is 0. The third kappa shape index (κ3) is 3.87. The molecule has 2 aliphatic carbocycles. The average Bonchev–Trinajstić information content (AvgIpc) is 2.83. The molecule has 0 aliphatic heterocycles. The van der Waals surface area contributed by atoms with Crippen LogP contribution in [-0.2, 0) is 25.4 Å². The molecule has 0 N–H and O–H groups in total. The molecule has 2 aliphatic rings. The summed E-state index contributed by atoms with van der Waals surface area (Å²) in [6.45, 7) is 5.27. The van der Waals surface area contributed by atoms with Crippen LogP contribution in [0.15, 0.2) is 53.6 Å². The monoisotopic (exact) mass is 462 g/mol. The number of hydrogen-bond acceptors (Lipinski definition) is 8. The Balaban J connectivity index is 2.05. The van der Waals surface area contributed by atoms with Crippen LogP contribution in [0.2, 0.25) is 0 Å². The van der Waals surface area contributed by atoms with Crippen molar-refractivity contribution in [3.63, 3.8) is 0 Å². The van der Waals surface area contributed by atoms with Crippen molar-refractivity contribution in [1.29, 1.82) is 0 Å². The molecule has 0 heterocycles. The van der Waals surface area contributed by atoms with Crippen LogP contribution in [0.1, 0.15) is 58.2 Å². The van der Waals surface area contributed by atoms with Crippen molar-refractivity contribution in [2.75, 3.05) is 13.2 Å². The summed E-state index contributed by atoms with van der Waals surface area (Å²) in [6, 6.07) is 11.5. The number of Topliss-reactive ketones (excluding diaryl/α,β-unsaturated/α-hetero) is 2. The Morgan fingerprint density at radius 1 is 0.676 bits per heavy atom. The topological polar surface area (TPSA) is 105 Å². The zero-order valence-corrected chi connectivity index (χ0v) is 18.9. The van der Waals surface area contributed by atoms with Crippen molar-refractivity contribution in [2.45, 2.75) is 27.2 Å². The maximum atomic E-state index is 13.7. The van der Waals surface area contributed by atoms with Crippen LogP contribution in [-0.4, -0.2) is 37.1 Å². The number of ether oxygens (including phenoxy) is 4. The van der Waals surface area contributed by atoms with Gasteiger partial charge in [0.05, 0.1) is 24.4 Å². The Hall–Kier alpha value is -4.20. The summed E-state index contributed by atoms with van der Waals surface area (Å²) in [6.07, 6.45) is -1.40. The van der Waals surface area contributed by atoms with E-state index in [4.69, 9.17) is 18.9 Å². The molecule has 0 radical (unpaired) electrons. The average molecular weight is 462 g/mol. The number of rotatable bonds is 5. The van der Waals surface area contributed by atoms with Gasteiger partial charge in [0.2, 0.25) is 0 Å². The van der Waals surface area contributed by atoms with Crippen LogP contribution in [0.4, 0.5) is 9.59 Å². The predicted octanol–water partition coefficient (Wildman–Crippen LogP) is 5.11. The maximum absolute atomic E-state index is 13.7. The third-order valence-corrected chi connectivity index (χ3v) is 5.45. The Morgan fingerprint density at radius 2 is 1.18 bits per heavy atom. The fourth-order valence-electron chi connectivity index (χ4n) is 3.95. The normalized spacial score (nSPS) is 14.2. The van der Waals surface area contributed by atoms with E-state index < -0.39 is 23.9 Å². The van der Waals surface area contributed by atoms with Gasteiger partial charge in [0, 0.05) is 22.3 Å². The van der Waals surface area contributed by atoms with Gasteiger partial charge in [-0.05, 0) is 31.9 Å². The molecule has 34 heavy (non-hydrogen) atoms. The van der Waals surface area contributed by atoms with Gasteiger partial charge in [-0.25, -0.2) is 9.59 Å². The fourth-order valence-corrected chi connectivity index (χ4v) is 3.95. The molecule has 0 aromatic heterocycles. The Labute approximate surface area is 195 Å². The molecule has 0 spiro atoms. The number of hydrogen-bond donors (Lipinski definition) is 0. The number of carbonyl (C=O) groups is 4. The fraction of sp³-hybridized carbons (Fsp3) is 0.231. The van der Waals surface area contributed by atoms with Gasteiger partial charge in [-0.15, -0.1) is 0 Å². The number of benzene rings is 2. The first-order chi connectivity index (χ1) is 16.4. The van der Waals surface area contributed by atoms with Crippen molar-refractivity contribution < 1.29 is 38.1 Å². The van der Waals surface area contributed by atoms with Gasteiger partial charge in [-0.3, -0.25) is 9.59 Å². The van der Waals surface area contributed by atoms with E-state index >= 15 is 0 Å². The number of aryl methyl sites for hydroxylation is 1. The van der Waals surface area contributed by atoms with Gasteiger partial charge in [0.25, 0.3) is 0 Å². The van der Waals surface area contributed by atoms with Crippen LogP contribution >= 0.6 is 0 Å². The number of fused-ring (bicyclic) bond motifs is 3. The van der Waals surface area contributed by atoms with Crippen molar-refractivity contribution in [3.8, 4) is 0 Å². The summed E-state index contributed by atoms with van der Waals surface area (Å²) in [5.41, 5.74) is 1.47. The van der Waals surface area contributed by atoms with E-state index in [1.54, 1.807) is 56.3 Å². The van der Waals surface area contributed by atoms with Gasteiger partial charge in [-0.2, -0.15) is 0 Å². The third-order valence-electron chi connectivity index (χ3n) is 5.45. The molecule has 0 saturated heterocycles. The summed E-state index contributed by atoms with van der Waals surface area (Å²) in [5.74, 6) is -1.33. The van der Waals surface area contributed by atoms with E-state index in [1.165, 1.54) is 0 Å². The highest BCUT2D eigenvalue weighted by molar-refractivity contribution is 6.34. The minimum atomic E-state index is -1.03. The number of ketones is 2. The van der Waals surface area contributed by atoms with Crippen molar-refractivity contribution >= 4 is 35.4 Å². The molecule has 0 saturated carbocycles. The Bertz CT molecular complexity index is 1280. The molecule has 4 rings (SSSR count). The first-order valence-electron chi connectivity index (χ1n) is 10.9. The minimum absolute atomic E-state index is 0.0541. The molecule has 0 unspecified atom stereocenters. The summed E-state index contributed by atoms with van der Waals surface area (Å²) in [7, 11) is 0. The summed E-state index contributed by atoms with van der Waals surface area (Å²) < 4.78 is 20.8. The SMILES string of the molecule is CCOC(=O)OC1=C2C(=O)c3ccc(CC)cc3C(OC(=O)OCC)=C2C(=O)c2ccccc21. The van der Waals surface area contributed by atoms with Crippen LogP contribution < -0.4 is 0 Å². The van der Waals surface area contributed by atoms with Crippen molar-refractivity contribution in [2.24, 2.45) is 0 Å². The second kappa shape index (κ2) is 9.35. The van der Waals surface area contributed by atoms with Crippen LogP contribution in [0.25, 0.3) is 11.5 Å². The first-order valence-corrected chi connectivity index (χ1v) is 10.9. The van der Waals surface area contributed by atoms with E-state index in [9.17, 15) is 19.2 Å². The number of allylic oxidation sites excluding steroid dienone is 2. The highest BCUT2D eigenvalue weighted by Gasteiger charge is 2.43. The number of carbonyl (C=O) groups excluding carboxylic acids is 4. The summed E-state index contributed by atoms with van der Waals surface area (Å²) >= 11 is 0. The second-order valence-corrected chi connectivity index (χ2v) is 7.42. The van der Waals surface area contributed by atoms with Gasteiger partial charge in [0.15, 0.2) is 23.1 Å². The Morgan fingerprint density at radius 3 is 1.71 bits per heavy atom. The highest BCUT2D eigenvalue weighted by atomic mass is 16.7. The molecule has 0 fully saturated rings. The van der Waals surface area contributed by atoms with Crippen molar-refractivity contribution in [1.82, 2.24) is 0 Å². The molecule has 0 bridgehead atoms. The van der Waals surface area contributed by atoms with E-state index in [0.29, 0.717) is 12.0 Å². The summed E-state index contributed by atoms with van der Waals surface area (Å²) in [4.78, 5) is 51.9. The van der Waals surface area contributed by atoms with E-state index in [1.807, 2.05) is 6.92 Å². The van der Waals surface area contributed by atoms with Gasteiger partial charge < -0.3 is 18.9 Å². The lowest BCUT2D eigenvalue weighted by atomic mass is 9.76. The lowest BCUT2D eigenvalue weighted by Crippen LogP contribution is -2.29. The largest absolute Gasteiger partial charge is 0.513 e. The van der Waals surface area contributed by atoms with Crippen molar-refractivity contribution in [3.05, 3.63) is 81.4 Å². The predicted molar refractivity (Wildman–Crippen MR) is 121 cm³/mol. The maximum Gasteiger partial charge on any atom is 0.513 e. The molecule has 2 aromatic rings. The van der Waals surface area contributed by atoms with E-state index in [2.05, 4.69) is 0 Å². The molecule has 174 valence electrons. The lowest BCUT2D eigenvalue weighted by Gasteiger charge is -2.29. The quantitative estimate of drug-likeness (QED) is 0.565. The smallest absolute Gasteiger partial charge is 0.434 e. The molecular weight excluding hydrogens is 440 g/mol. The highest BCUT2D eigenvalue weighted by Crippen LogP contribution is 2.45. The van der Waals surface area contributed by atoms with Crippen LogP contribution in [0.3, 0.4) is 0 Å². The first kappa shape index (κ1) is 23.0. The molecule has 0 amide bonds. The van der Waals surface area contributed by atoms with Crippen LogP contribution in [0, 0.1) is 0 Å². The lowest BCUT2D eigenvalue weighted by molar-refractivity contribution is 0.0889.